The lowest BCUT2D eigenvalue weighted by Crippen LogP contribution is -2.46. The van der Waals surface area contributed by atoms with E-state index in [0.717, 1.165) is 32.4 Å². The van der Waals surface area contributed by atoms with Crippen molar-refractivity contribution in [3.63, 3.8) is 0 Å². The van der Waals surface area contributed by atoms with Gasteiger partial charge in [0.05, 0.1) is 0 Å². The van der Waals surface area contributed by atoms with Gasteiger partial charge in [0.1, 0.15) is 0 Å². The van der Waals surface area contributed by atoms with Crippen LogP contribution in [-0.4, -0.2) is 49.1 Å². The Kier molecular flexibility index (Phi) is 4.94. The summed E-state index contributed by atoms with van der Waals surface area (Å²) in [4.78, 5) is 14.7. The van der Waals surface area contributed by atoms with Crippen molar-refractivity contribution >= 4 is 5.91 Å². The fourth-order valence-corrected chi connectivity index (χ4v) is 4.20. The standard InChI is InChI=1S/C16H29N3O/c20-16(7-6-13-4-3-9-17-12-13)18-14-8-11-19-10-2-1-5-15(14)19/h13-15,17H,1-12H2,(H,18,20). The number of carbonyl (C=O) groups excluding carboxylic acids is 1. The maximum atomic E-state index is 12.2. The summed E-state index contributed by atoms with van der Waals surface area (Å²) in [5.41, 5.74) is 0. The Labute approximate surface area is 122 Å². The molecular formula is C16H29N3O. The number of nitrogens with zero attached hydrogens (tertiary/aromatic N) is 1. The number of hydrogen-bond donors (Lipinski definition) is 2. The van der Waals surface area contributed by atoms with Gasteiger partial charge in [-0.25, -0.2) is 0 Å². The fourth-order valence-electron chi connectivity index (χ4n) is 4.20. The van der Waals surface area contributed by atoms with Crippen LogP contribution in [0.4, 0.5) is 0 Å². The zero-order valence-corrected chi connectivity index (χ0v) is 12.6. The second-order valence-electron chi connectivity index (χ2n) is 6.81. The van der Waals surface area contributed by atoms with Crippen molar-refractivity contribution in [1.82, 2.24) is 15.5 Å². The van der Waals surface area contributed by atoms with Gasteiger partial charge in [0.2, 0.25) is 5.91 Å². The Bertz CT molecular complexity index is 328. The number of carbonyl (C=O) groups is 1. The summed E-state index contributed by atoms with van der Waals surface area (Å²) >= 11 is 0. The molecule has 0 spiro atoms. The predicted octanol–water partition coefficient (Wildman–Crippen LogP) is 1.51. The van der Waals surface area contributed by atoms with Gasteiger partial charge in [-0.3, -0.25) is 9.69 Å². The van der Waals surface area contributed by atoms with E-state index in [0.29, 0.717) is 18.0 Å². The van der Waals surface area contributed by atoms with Crippen molar-refractivity contribution in [3.05, 3.63) is 0 Å². The molecular weight excluding hydrogens is 250 g/mol. The third-order valence-corrected chi connectivity index (χ3v) is 5.38. The van der Waals surface area contributed by atoms with Crippen molar-refractivity contribution < 1.29 is 4.79 Å². The summed E-state index contributed by atoms with van der Waals surface area (Å²) in [6.45, 7) is 4.68. The van der Waals surface area contributed by atoms with Gasteiger partial charge in [-0.2, -0.15) is 0 Å². The Morgan fingerprint density at radius 2 is 2.10 bits per heavy atom. The molecule has 4 heteroatoms. The summed E-state index contributed by atoms with van der Waals surface area (Å²) in [6.07, 6.45) is 9.44. The lowest BCUT2D eigenvalue weighted by molar-refractivity contribution is -0.122. The van der Waals surface area contributed by atoms with E-state index in [2.05, 4.69) is 15.5 Å². The summed E-state index contributed by atoms with van der Waals surface area (Å²) in [6, 6.07) is 1.05. The number of hydrogen-bond acceptors (Lipinski definition) is 3. The lowest BCUT2D eigenvalue weighted by Gasteiger charge is -2.32. The minimum atomic E-state index is 0.285. The number of amides is 1. The van der Waals surface area contributed by atoms with Gasteiger partial charge in [0.25, 0.3) is 0 Å². The first-order chi connectivity index (χ1) is 9.83. The molecule has 3 saturated heterocycles. The fraction of sp³-hybridized carbons (Fsp3) is 0.938. The minimum absolute atomic E-state index is 0.285. The Morgan fingerprint density at radius 1 is 1.15 bits per heavy atom. The van der Waals surface area contributed by atoms with Crippen LogP contribution in [0.25, 0.3) is 0 Å². The van der Waals surface area contributed by atoms with Crippen molar-refractivity contribution in [2.45, 2.75) is 63.5 Å². The number of piperidine rings is 2. The molecule has 0 radical (unpaired) electrons. The third-order valence-electron chi connectivity index (χ3n) is 5.38. The van der Waals surface area contributed by atoms with Crippen LogP contribution in [0.5, 0.6) is 0 Å². The quantitative estimate of drug-likeness (QED) is 0.820. The number of nitrogens with one attached hydrogen (secondary N) is 2. The molecule has 0 aromatic heterocycles. The van der Waals surface area contributed by atoms with Crippen molar-refractivity contribution in [3.8, 4) is 0 Å². The van der Waals surface area contributed by atoms with E-state index in [-0.39, 0.29) is 5.91 Å². The van der Waals surface area contributed by atoms with E-state index in [1.54, 1.807) is 0 Å². The van der Waals surface area contributed by atoms with Crippen molar-refractivity contribution in [1.29, 1.82) is 0 Å². The van der Waals surface area contributed by atoms with Gasteiger partial charge < -0.3 is 10.6 Å². The zero-order valence-electron chi connectivity index (χ0n) is 12.6. The molecule has 3 aliphatic heterocycles. The molecule has 0 aromatic carbocycles. The molecule has 20 heavy (non-hydrogen) atoms. The summed E-state index contributed by atoms with van der Waals surface area (Å²) < 4.78 is 0. The van der Waals surface area contributed by atoms with Crippen LogP contribution in [0.15, 0.2) is 0 Å². The minimum Gasteiger partial charge on any atom is -0.352 e. The molecule has 1 amide bonds. The van der Waals surface area contributed by atoms with Crippen LogP contribution in [0, 0.1) is 5.92 Å². The molecule has 0 saturated carbocycles. The van der Waals surface area contributed by atoms with Gasteiger partial charge in [-0.05, 0) is 64.1 Å². The molecule has 114 valence electrons. The second kappa shape index (κ2) is 6.90. The van der Waals surface area contributed by atoms with E-state index >= 15 is 0 Å². The molecule has 3 heterocycles. The van der Waals surface area contributed by atoms with Gasteiger partial charge in [0, 0.05) is 25.0 Å². The molecule has 3 fully saturated rings. The van der Waals surface area contributed by atoms with Crippen LogP contribution in [0.1, 0.15) is 51.4 Å². The third kappa shape index (κ3) is 3.53. The van der Waals surface area contributed by atoms with Crippen LogP contribution in [0.2, 0.25) is 0 Å². The van der Waals surface area contributed by atoms with Crippen molar-refractivity contribution in [2.24, 2.45) is 5.92 Å². The highest BCUT2D eigenvalue weighted by atomic mass is 16.1. The van der Waals surface area contributed by atoms with E-state index in [9.17, 15) is 4.79 Å². The van der Waals surface area contributed by atoms with Gasteiger partial charge >= 0.3 is 0 Å². The first kappa shape index (κ1) is 14.3. The Balaban J connectivity index is 1.40. The normalized spacial score (nSPS) is 34.7. The monoisotopic (exact) mass is 279 g/mol. The van der Waals surface area contributed by atoms with E-state index in [1.807, 2.05) is 0 Å². The van der Waals surface area contributed by atoms with Crippen LogP contribution in [-0.2, 0) is 4.79 Å². The maximum Gasteiger partial charge on any atom is 0.220 e. The molecule has 4 nitrogen and oxygen atoms in total. The van der Waals surface area contributed by atoms with Crippen LogP contribution in [0.3, 0.4) is 0 Å². The summed E-state index contributed by atoms with van der Waals surface area (Å²) in [5, 5.41) is 6.75. The predicted molar refractivity (Wildman–Crippen MR) is 80.6 cm³/mol. The molecule has 2 N–H and O–H groups in total. The number of rotatable bonds is 4. The van der Waals surface area contributed by atoms with Crippen LogP contribution < -0.4 is 10.6 Å². The largest absolute Gasteiger partial charge is 0.352 e. The zero-order chi connectivity index (χ0) is 13.8. The SMILES string of the molecule is O=C(CCC1CCCNC1)NC1CCN2CCCCC12. The first-order valence-electron chi connectivity index (χ1n) is 8.57. The van der Waals surface area contributed by atoms with Crippen LogP contribution >= 0.6 is 0 Å². The van der Waals surface area contributed by atoms with Gasteiger partial charge in [-0.15, -0.1) is 0 Å². The van der Waals surface area contributed by atoms with Gasteiger partial charge in [0.15, 0.2) is 0 Å². The first-order valence-corrected chi connectivity index (χ1v) is 8.57. The van der Waals surface area contributed by atoms with Crippen molar-refractivity contribution in [2.75, 3.05) is 26.2 Å². The topological polar surface area (TPSA) is 44.4 Å². The van der Waals surface area contributed by atoms with E-state index in [1.165, 1.54) is 45.2 Å². The molecule has 0 aliphatic carbocycles. The molecule has 3 atom stereocenters. The van der Waals surface area contributed by atoms with E-state index in [4.69, 9.17) is 0 Å². The lowest BCUT2D eigenvalue weighted by atomic mass is 9.94. The molecule has 3 aliphatic rings. The average molecular weight is 279 g/mol. The average Bonchev–Trinajstić information content (AvgIpc) is 2.90. The summed E-state index contributed by atoms with van der Waals surface area (Å²) in [7, 11) is 0. The molecule has 0 aromatic rings. The number of fused-ring (bicyclic) bond motifs is 1. The van der Waals surface area contributed by atoms with E-state index < -0.39 is 0 Å². The summed E-state index contributed by atoms with van der Waals surface area (Å²) in [5.74, 6) is 0.997. The smallest absolute Gasteiger partial charge is 0.220 e. The molecule has 3 rings (SSSR count). The maximum absolute atomic E-state index is 12.2. The highest BCUT2D eigenvalue weighted by Crippen LogP contribution is 2.27. The highest BCUT2D eigenvalue weighted by Gasteiger charge is 2.36. The highest BCUT2D eigenvalue weighted by molar-refractivity contribution is 5.76. The molecule has 3 unspecified atom stereocenters. The Hall–Kier alpha value is -0.610. The molecule has 0 bridgehead atoms. The van der Waals surface area contributed by atoms with Gasteiger partial charge in [-0.1, -0.05) is 6.42 Å². The Morgan fingerprint density at radius 3 is 2.95 bits per heavy atom. The second-order valence-corrected chi connectivity index (χ2v) is 6.81.